The molecule has 0 bridgehead atoms. The van der Waals surface area contributed by atoms with Crippen LogP contribution in [0, 0.1) is 0 Å². The quantitative estimate of drug-likeness (QED) is 0.826. The van der Waals surface area contributed by atoms with Gasteiger partial charge in [0.2, 0.25) is 0 Å². The van der Waals surface area contributed by atoms with E-state index >= 15 is 0 Å². The van der Waals surface area contributed by atoms with E-state index in [0.717, 1.165) is 0 Å². The lowest BCUT2D eigenvalue weighted by atomic mass is 10.2. The number of benzene rings is 1. The summed E-state index contributed by atoms with van der Waals surface area (Å²) in [5.74, 6) is 0.366. The molecule has 1 aromatic carbocycles. The number of amides is 1. The van der Waals surface area contributed by atoms with E-state index in [0.29, 0.717) is 17.9 Å². The molecular weight excluding hydrogens is 262 g/mol. The lowest BCUT2D eigenvalue weighted by Crippen LogP contribution is -2.28. The summed E-state index contributed by atoms with van der Waals surface area (Å²) in [6.45, 7) is 1.88. The van der Waals surface area contributed by atoms with Gasteiger partial charge in [0.25, 0.3) is 5.91 Å². The molecule has 1 unspecified atom stereocenters. The zero-order valence-corrected chi connectivity index (χ0v) is 11.2. The van der Waals surface area contributed by atoms with E-state index in [-0.39, 0.29) is 11.9 Å². The third-order valence-corrected chi connectivity index (χ3v) is 2.60. The van der Waals surface area contributed by atoms with Crippen LogP contribution in [0.4, 0.5) is 5.69 Å². The average molecular weight is 277 g/mol. The molecule has 2 N–H and O–H groups in total. The molecule has 0 saturated carbocycles. The van der Waals surface area contributed by atoms with Crippen molar-refractivity contribution >= 4 is 11.6 Å². The molecule has 1 amide bonds. The number of tetrazole rings is 1. The maximum absolute atomic E-state index is 11.8. The van der Waals surface area contributed by atoms with E-state index in [2.05, 4.69) is 25.9 Å². The van der Waals surface area contributed by atoms with Crippen LogP contribution >= 0.6 is 0 Å². The first-order chi connectivity index (χ1) is 9.72. The number of hydrogen-bond acceptors (Lipinski definition) is 6. The summed E-state index contributed by atoms with van der Waals surface area (Å²) < 4.78 is 10.4. The Bertz CT molecular complexity index is 537. The van der Waals surface area contributed by atoms with Gasteiger partial charge < -0.3 is 14.8 Å². The van der Waals surface area contributed by atoms with Crippen LogP contribution in [0.3, 0.4) is 0 Å². The van der Waals surface area contributed by atoms with Gasteiger partial charge in [-0.05, 0) is 35.9 Å². The molecule has 0 aliphatic carbocycles. The Labute approximate surface area is 115 Å². The van der Waals surface area contributed by atoms with Crippen molar-refractivity contribution in [3.8, 4) is 11.8 Å². The minimum atomic E-state index is -0.453. The van der Waals surface area contributed by atoms with Crippen LogP contribution in [0.1, 0.15) is 13.3 Å². The molecule has 0 aliphatic rings. The monoisotopic (exact) mass is 277 g/mol. The van der Waals surface area contributed by atoms with E-state index < -0.39 is 6.10 Å². The highest BCUT2D eigenvalue weighted by Crippen LogP contribution is 2.19. The predicted molar refractivity (Wildman–Crippen MR) is 70.4 cm³/mol. The van der Waals surface area contributed by atoms with Crippen LogP contribution in [0.15, 0.2) is 24.3 Å². The summed E-state index contributed by atoms with van der Waals surface area (Å²) in [6, 6.07) is 6.96. The predicted octanol–water partition coefficient (Wildman–Crippen LogP) is 1.36. The van der Waals surface area contributed by atoms with Gasteiger partial charge in [-0.1, -0.05) is 17.1 Å². The topological polar surface area (TPSA) is 102 Å². The Morgan fingerprint density at radius 3 is 2.70 bits per heavy atom. The number of rotatable bonds is 6. The highest BCUT2D eigenvalue weighted by Gasteiger charge is 2.15. The van der Waals surface area contributed by atoms with Crippen molar-refractivity contribution in [1.29, 1.82) is 0 Å². The van der Waals surface area contributed by atoms with Gasteiger partial charge in [-0.15, -0.1) is 0 Å². The highest BCUT2D eigenvalue weighted by atomic mass is 16.5. The lowest BCUT2D eigenvalue weighted by molar-refractivity contribution is -0.125. The number of aromatic amines is 1. The van der Waals surface area contributed by atoms with E-state index in [4.69, 9.17) is 9.47 Å². The number of ether oxygens (including phenoxy) is 2. The number of nitrogens with one attached hydrogen (secondary N) is 2. The Hall–Kier alpha value is -2.48. The normalized spacial score (nSPS) is 11.9. The lowest BCUT2D eigenvalue weighted by Gasteiger charge is -2.13. The molecule has 1 atom stereocenters. The summed E-state index contributed by atoms with van der Waals surface area (Å²) in [5.41, 5.74) is 0.658. The number of carbonyl (C=O) groups is 1. The van der Waals surface area contributed by atoms with Crippen LogP contribution in [0.2, 0.25) is 0 Å². The second-order valence-electron chi connectivity index (χ2n) is 3.94. The standard InChI is InChI=1S/C12H15N5O3/c1-3-10(19-2)11(18)13-8-4-6-9(7-5-8)20-12-14-16-17-15-12/h4-7,10H,3H2,1-2H3,(H,13,18)(H,14,15,16,17). The van der Waals surface area contributed by atoms with Gasteiger partial charge in [0.15, 0.2) is 0 Å². The molecule has 0 aliphatic heterocycles. The molecule has 2 rings (SSSR count). The first kappa shape index (κ1) is 13.9. The Morgan fingerprint density at radius 1 is 1.40 bits per heavy atom. The summed E-state index contributed by atoms with van der Waals surface area (Å²) in [7, 11) is 1.51. The van der Waals surface area contributed by atoms with Gasteiger partial charge >= 0.3 is 6.01 Å². The smallest absolute Gasteiger partial charge is 0.361 e. The van der Waals surface area contributed by atoms with E-state index in [1.54, 1.807) is 24.3 Å². The fraction of sp³-hybridized carbons (Fsp3) is 0.333. The van der Waals surface area contributed by atoms with Crippen molar-refractivity contribution in [3.05, 3.63) is 24.3 Å². The Balaban J connectivity index is 1.96. The number of anilines is 1. The minimum Gasteiger partial charge on any atom is -0.422 e. The molecule has 8 heteroatoms. The maximum Gasteiger partial charge on any atom is 0.361 e. The molecule has 20 heavy (non-hydrogen) atoms. The molecule has 1 aromatic heterocycles. The zero-order chi connectivity index (χ0) is 14.4. The fourth-order valence-electron chi connectivity index (χ4n) is 1.59. The van der Waals surface area contributed by atoms with Crippen molar-refractivity contribution < 1.29 is 14.3 Å². The molecular formula is C12H15N5O3. The Kier molecular flexibility index (Phi) is 4.61. The van der Waals surface area contributed by atoms with Gasteiger partial charge in [0, 0.05) is 12.8 Å². The number of H-pyrrole nitrogens is 1. The molecule has 0 radical (unpaired) electrons. The zero-order valence-electron chi connectivity index (χ0n) is 11.2. The van der Waals surface area contributed by atoms with Gasteiger partial charge in [-0.25, -0.2) is 0 Å². The van der Waals surface area contributed by atoms with Crippen molar-refractivity contribution in [2.24, 2.45) is 0 Å². The van der Waals surface area contributed by atoms with Crippen molar-refractivity contribution in [2.45, 2.75) is 19.4 Å². The van der Waals surface area contributed by atoms with Crippen molar-refractivity contribution in [1.82, 2.24) is 20.6 Å². The number of methoxy groups -OCH3 is 1. The summed E-state index contributed by atoms with van der Waals surface area (Å²) >= 11 is 0. The van der Waals surface area contributed by atoms with Crippen LogP contribution in [-0.2, 0) is 9.53 Å². The van der Waals surface area contributed by atoms with Crippen LogP contribution in [0.5, 0.6) is 11.8 Å². The SMILES string of the molecule is CCC(OC)C(=O)Nc1ccc(Oc2nn[nH]n2)cc1. The third-order valence-electron chi connectivity index (χ3n) is 2.60. The van der Waals surface area contributed by atoms with Gasteiger partial charge in [-0.2, -0.15) is 5.21 Å². The third kappa shape index (κ3) is 3.51. The second-order valence-corrected chi connectivity index (χ2v) is 3.94. The summed E-state index contributed by atoms with van der Waals surface area (Å²) in [6.07, 6.45) is 0.159. The Morgan fingerprint density at radius 2 is 2.15 bits per heavy atom. The van der Waals surface area contributed by atoms with E-state index in [1.807, 2.05) is 6.92 Å². The highest BCUT2D eigenvalue weighted by molar-refractivity contribution is 5.94. The van der Waals surface area contributed by atoms with Gasteiger partial charge in [-0.3, -0.25) is 4.79 Å². The minimum absolute atomic E-state index is 0.132. The molecule has 0 spiro atoms. The molecule has 106 valence electrons. The van der Waals surface area contributed by atoms with Crippen LogP contribution in [-0.4, -0.2) is 39.7 Å². The van der Waals surface area contributed by atoms with E-state index in [9.17, 15) is 4.79 Å². The molecule has 1 heterocycles. The molecule has 8 nitrogen and oxygen atoms in total. The van der Waals surface area contributed by atoms with Gasteiger partial charge in [0.1, 0.15) is 11.9 Å². The summed E-state index contributed by atoms with van der Waals surface area (Å²) in [5, 5.41) is 15.8. The van der Waals surface area contributed by atoms with Crippen molar-refractivity contribution in [2.75, 3.05) is 12.4 Å². The maximum atomic E-state index is 11.8. The first-order valence-electron chi connectivity index (χ1n) is 6.08. The van der Waals surface area contributed by atoms with E-state index in [1.165, 1.54) is 7.11 Å². The largest absolute Gasteiger partial charge is 0.422 e. The van der Waals surface area contributed by atoms with Crippen LogP contribution in [0.25, 0.3) is 0 Å². The number of hydrogen-bond donors (Lipinski definition) is 2. The second kappa shape index (κ2) is 6.62. The van der Waals surface area contributed by atoms with Crippen molar-refractivity contribution in [3.63, 3.8) is 0 Å². The molecule has 0 fully saturated rings. The first-order valence-corrected chi connectivity index (χ1v) is 6.08. The molecule has 2 aromatic rings. The average Bonchev–Trinajstić information content (AvgIpc) is 2.95. The summed E-state index contributed by atoms with van der Waals surface area (Å²) in [4.78, 5) is 11.8. The number of aromatic nitrogens is 4. The van der Waals surface area contributed by atoms with Crippen LogP contribution < -0.4 is 10.1 Å². The number of carbonyl (C=O) groups excluding carboxylic acids is 1. The fourth-order valence-corrected chi connectivity index (χ4v) is 1.59. The van der Waals surface area contributed by atoms with Gasteiger partial charge in [0.05, 0.1) is 0 Å². The molecule has 0 saturated heterocycles. The number of nitrogens with zero attached hydrogens (tertiary/aromatic N) is 3.